The minimum absolute atomic E-state index is 0.0117. The van der Waals surface area contributed by atoms with E-state index in [4.69, 9.17) is 0 Å². The number of rotatable bonds is 7. The smallest absolute Gasteiger partial charge is 0.339 e. The van der Waals surface area contributed by atoms with Crippen molar-refractivity contribution in [2.24, 2.45) is 5.92 Å². The second kappa shape index (κ2) is 9.69. The molecule has 1 aromatic carbocycles. The second-order valence-corrected chi connectivity index (χ2v) is 10.9. The van der Waals surface area contributed by atoms with Crippen LogP contribution >= 0.6 is 0 Å². The van der Waals surface area contributed by atoms with Crippen molar-refractivity contribution in [3.8, 4) is 0 Å². The van der Waals surface area contributed by atoms with Gasteiger partial charge in [-0.3, -0.25) is 4.72 Å². The third kappa shape index (κ3) is 5.47. The van der Waals surface area contributed by atoms with Crippen molar-refractivity contribution in [3.63, 3.8) is 0 Å². The highest BCUT2D eigenvalue weighted by Gasteiger charge is 2.27. The maximum Gasteiger partial charge on any atom is 0.339 e. The number of carboxylic acids is 1. The minimum Gasteiger partial charge on any atom is -0.478 e. The Morgan fingerprint density at radius 3 is 2.61 bits per heavy atom. The number of pyridine rings is 1. The molecule has 2 N–H and O–H groups in total. The fourth-order valence-electron chi connectivity index (χ4n) is 4.97. The van der Waals surface area contributed by atoms with Crippen LogP contribution in [0.3, 0.4) is 0 Å². The van der Waals surface area contributed by atoms with E-state index in [0.717, 1.165) is 51.1 Å². The Bertz CT molecular complexity index is 1130. The molecule has 0 aliphatic carbocycles. The molecule has 2 fully saturated rings. The molecule has 2 saturated heterocycles. The third-order valence-corrected chi connectivity index (χ3v) is 8.04. The summed E-state index contributed by atoms with van der Waals surface area (Å²) in [6, 6.07) is 6.46. The molecule has 0 amide bonds. The lowest BCUT2D eigenvalue weighted by Gasteiger charge is -2.36. The van der Waals surface area contributed by atoms with Crippen molar-refractivity contribution in [2.45, 2.75) is 44.4 Å². The maximum atomic E-state index is 12.9. The number of carbonyl (C=O) groups is 1. The van der Waals surface area contributed by atoms with Crippen LogP contribution in [0, 0.1) is 19.8 Å². The van der Waals surface area contributed by atoms with Crippen LogP contribution in [-0.2, 0) is 10.0 Å². The van der Waals surface area contributed by atoms with E-state index in [1.165, 1.54) is 25.1 Å². The van der Waals surface area contributed by atoms with E-state index in [1.54, 1.807) is 25.1 Å². The number of nitrogens with one attached hydrogen (secondary N) is 1. The molecular weight excluding hydrogens is 440 g/mol. The van der Waals surface area contributed by atoms with E-state index in [1.807, 2.05) is 11.8 Å². The molecule has 0 radical (unpaired) electrons. The summed E-state index contributed by atoms with van der Waals surface area (Å²) in [7, 11) is -3.87. The van der Waals surface area contributed by atoms with Crippen LogP contribution in [0.2, 0.25) is 0 Å². The number of aryl methyl sites for hydroxylation is 2. The Hall–Kier alpha value is -2.65. The van der Waals surface area contributed by atoms with Gasteiger partial charge in [-0.25, -0.2) is 18.2 Å². The summed E-state index contributed by atoms with van der Waals surface area (Å²) in [5.41, 5.74) is 1.75. The van der Waals surface area contributed by atoms with Crippen LogP contribution in [0.4, 0.5) is 11.5 Å². The minimum atomic E-state index is -3.87. The second-order valence-electron chi connectivity index (χ2n) is 9.24. The van der Waals surface area contributed by atoms with E-state index in [0.29, 0.717) is 17.3 Å². The summed E-state index contributed by atoms with van der Waals surface area (Å²) < 4.78 is 28.3. The summed E-state index contributed by atoms with van der Waals surface area (Å²) in [6.07, 6.45) is 6.03. The molecule has 1 atom stereocenters. The van der Waals surface area contributed by atoms with Gasteiger partial charge in [0.25, 0.3) is 10.0 Å². The van der Waals surface area contributed by atoms with E-state index in [2.05, 4.69) is 14.6 Å². The molecule has 4 rings (SSSR count). The molecule has 2 aliphatic heterocycles. The van der Waals surface area contributed by atoms with E-state index in [-0.39, 0.29) is 16.1 Å². The van der Waals surface area contributed by atoms with Gasteiger partial charge in [-0.2, -0.15) is 0 Å². The first-order chi connectivity index (χ1) is 15.7. The van der Waals surface area contributed by atoms with Crippen LogP contribution in [0.25, 0.3) is 0 Å². The number of nitrogens with zero attached hydrogens (tertiary/aromatic N) is 3. The zero-order chi connectivity index (χ0) is 23.6. The van der Waals surface area contributed by atoms with Crippen LogP contribution in [0.5, 0.6) is 0 Å². The SMILES string of the molecule is Cc1ccc(S(=O)(=O)Nc2cnc(N3CCC[C@H](CN4CCCC4)C3)c(C(=O)O)c2)c(C)c1. The van der Waals surface area contributed by atoms with Crippen molar-refractivity contribution < 1.29 is 18.3 Å². The molecule has 2 aromatic rings. The van der Waals surface area contributed by atoms with Crippen LogP contribution < -0.4 is 9.62 Å². The van der Waals surface area contributed by atoms with Crippen LogP contribution in [0.1, 0.15) is 47.2 Å². The lowest BCUT2D eigenvalue weighted by molar-refractivity contribution is 0.0697. The Labute approximate surface area is 195 Å². The standard InChI is InChI=1S/C24H32N4O4S/c1-17-7-8-22(18(2)12-17)33(31,32)26-20-13-21(24(29)30)23(25-14-20)28-11-5-6-19(16-28)15-27-9-3-4-10-27/h7-8,12-14,19,26H,3-6,9-11,15-16H2,1-2H3,(H,29,30)/t19-/m1/s1. The summed E-state index contributed by atoms with van der Waals surface area (Å²) >= 11 is 0. The largest absolute Gasteiger partial charge is 0.478 e. The van der Waals surface area contributed by atoms with E-state index in [9.17, 15) is 18.3 Å². The number of anilines is 2. The molecular formula is C24H32N4O4S. The zero-order valence-electron chi connectivity index (χ0n) is 19.2. The van der Waals surface area contributed by atoms with Gasteiger partial charge in [0.05, 0.1) is 16.8 Å². The lowest BCUT2D eigenvalue weighted by Crippen LogP contribution is -2.41. The molecule has 0 unspecified atom stereocenters. The molecule has 0 saturated carbocycles. The third-order valence-electron chi connectivity index (χ3n) is 6.50. The first kappa shape index (κ1) is 23.5. The number of sulfonamides is 1. The van der Waals surface area contributed by atoms with Crippen molar-refractivity contribution in [1.29, 1.82) is 0 Å². The Morgan fingerprint density at radius 2 is 1.91 bits per heavy atom. The topological polar surface area (TPSA) is 103 Å². The first-order valence-corrected chi connectivity index (χ1v) is 13.0. The lowest BCUT2D eigenvalue weighted by atomic mass is 9.97. The number of aromatic nitrogens is 1. The number of aromatic carboxylic acids is 1. The summed E-state index contributed by atoms with van der Waals surface area (Å²) in [5, 5.41) is 9.85. The van der Waals surface area contributed by atoms with Gasteiger partial charge in [0.15, 0.2) is 0 Å². The highest BCUT2D eigenvalue weighted by Crippen LogP contribution is 2.29. The van der Waals surface area contributed by atoms with E-state index < -0.39 is 16.0 Å². The highest BCUT2D eigenvalue weighted by atomic mass is 32.2. The van der Waals surface area contributed by atoms with Crippen LogP contribution in [0.15, 0.2) is 35.4 Å². The van der Waals surface area contributed by atoms with Crippen molar-refractivity contribution in [2.75, 3.05) is 42.3 Å². The van der Waals surface area contributed by atoms with Crippen molar-refractivity contribution in [1.82, 2.24) is 9.88 Å². The molecule has 3 heterocycles. The van der Waals surface area contributed by atoms with Gasteiger partial charge in [0, 0.05) is 19.6 Å². The van der Waals surface area contributed by atoms with Crippen molar-refractivity contribution in [3.05, 3.63) is 47.2 Å². The summed E-state index contributed by atoms with van der Waals surface area (Å²) in [6.45, 7) is 8.46. The van der Waals surface area contributed by atoms with E-state index >= 15 is 0 Å². The molecule has 9 heteroatoms. The maximum absolute atomic E-state index is 12.9. The average molecular weight is 473 g/mol. The molecule has 1 aromatic heterocycles. The number of likely N-dealkylation sites (tertiary alicyclic amines) is 1. The highest BCUT2D eigenvalue weighted by molar-refractivity contribution is 7.92. The molecule has 2 aliphatic rings. The Balaban J connectivity index is 1.54. The molecule has 8 nitrogen and oxygen atoms in total. The van der Waals surface area contributed by atoms with Gasteiger partial charge in [-0.1, -0.05) is 17.7 Å². The fraction of sp³-hybridized carbons (Fsp3) is 0.500. The fourth-order valence-corrected chi connectivity index (χ4v) is 6.23. The number of hydrogen-bond donors (Lipinski definition) is 2. The Kier molecular flexibility index (Phi) is 6.90. The quantitative estimate of drug-likeness (QED) is 0.636. The Morgan fingerprint density at radius 1 is 1.15 bits per heavy atom. The molecule has 178 valence electrons. The van der Waals surface area contributed by atoms with Crippen molar-refractivity contribution >= 4 is 27.5 Å². The summed E-state index contributed by atoms with van der Waals surface area (Å²) in [4.78, 5) is 21.2. The number of benzene rings is 1. The number of carboxylic acid groups (broad SMARTS) is 1. The van der Waals surface area contributed by atoms with Gasteiger partial charge in [0.1, 0.15) is 11.4 Å². The molecule has 33 heavy (non-hydrogen) atoms. The van der Waals surface area contributed by atoms with Gasteiger partial charge >= 0.3 is 5.97 Å². The van der Waals surface area contributed by atoms with Gasteiger partial charge < -0.3 is 14.9 Å². The predicted octanol–water partition coefficient (Wildman–Crippen LogP) is 3.51. The van der Waals surface area contributed by atoms with Crippen LogP contribution in [-0.4, -0.2) is 62.1 Å². The summed E-state index contributed by atoms with van der Waals surface area (Å²) in [5.74, 6) is -0.238. The molecule has 0 bridgehead atoms. The molecule has 0 spiro atoms. The normalized spacial score (nSPS) is 19.6. The van der Waals surface area contributed by atoms with Gasteiger partial charge in [0.2, 0.25) is 0 Å². The monoisotopic (exact) mass is 472 g/mol. The average Bonchev–Trinajstić information content (AvgIpc) is 3.26. The predicted molar refractivity (Wildman–Crippen MR) is 129 cm³/mol. The number of piperidine rings is 1. The van der Waals surface area contributed by atoms with Gasteiger partial charge in [-0.05, 0) is 76.2 Å². The first-order valence-electron chi connectivity index (χ1n) is 11.5. The van der Waals surface area contributed by atoms with Gasteiger partial charge in [-0.15, -0.1) is 0 Å². The number of hydrogen-bond acceptors (Lipinski definition) is 6. The zero-order valence-corrected chi connectivity index (χ0v) is 20.1.